The molecule has 1 N–H and O–H groups in total. The van der Waals surface area contributed by atoms with Gasteiger partial charge in [-0.1, -0.05) is 36.4 Å². The van der Waals surface area contributed by atoms with Gasteiger partial charge in [0.05, 0.1) is 26.1 Å². The van der Waals surface area contributed by atoms with Gasteiger partial charge in [0.1, 0.15) is 17.2 Å². The number of ether oxygens (including phenoxy) is 3. The third-order valence-corrected chi connectivity index (χ3v) is 6.69. The van der Waals surface area contributed by atoms with Crippen LogP contribution in [0.4, 0.5) is 0 Å². The number of methoxy groups -OCH3 is 3. The molecule has 0 aliphatic heterocycles. The molecular weight excluding hydrogens is 410 g/mol. The average Bonchev–Trinajstić information content (AvgIpc) is 2.82. The van der Waals surface area contributed by atoms with Gasteiger partial charge in [0.25, 0.3) is 0 Å². The lowest BCUT2D eigenvalue weighted by atomic mass is 9.84. The Kier molecular flexibility index (Phi) is 7.47. The summed E-state index contributed by atoms with van der Waals surface area (Å²) in [6.45, 7) is 0. The molecule has 0 atom stereocenters. The standard InChI is InChI=1S/C25H26NO4S/c1-28-21-10-4-18(5-11-21)25(31-17-16-24(26)27,19-6-12-22(29-2)13-7-19)20-8-14-23(30-3)15-9-20/h4-15,26H,16-17H2,1-3H3. The predicted molar refractivity (Wildman–Crippen MR) is 124 cm³/mol. The molecule has 0 heterocycles. The summed E-state index contributed by atoms with van der Waals surface area (Å²) < 4.78 is 15.5. The number of benzene rings is 3. The number of hydrogen-bond donors (Lipinski definition) is 0. The van der Waals surface area contributed by atoms with Gasteiger partial charge in [-0.3, -0.25) is 10.5 Å². The van der Waals surface area contributed by atoms with Crippen LogP contribution >= 0.6 is 11.8 Å². The van der Waals surface area contributed by atoms with Crippen LogP contribution in [0.1, 0.15) is 23.1 Å². The molecule has 0 saturated carbocycles. The summed E-state index contributed by atoms with van der Waals surface area (Å²) in [5, 5.41) is 0. The second-order valence-electron chi connectivity index (χ2n) is 6.89. The largest absolute Gasteiger partial charge is 0.497 e. The van der Waals surface area contributed by atoms with E-state index in [0.717, 1.165) is 33.9 Å². The molecule has 3 aromatic rings. The molecular formula is C25H26NO4S. The molecule has 0 saturated heterocycles. The summed E-state index contributed by atoms with van der Waals surface area (Å²) in [6.07, 6.45) is 0.175. The van der Waals surface area contributed by atoms with Crippen molar-refractivity contribution >= 4 is 17.7 Å². The lowest BCUT2D eigenvalue weighted by molar-refractivity contribution is -0.118. The Hall–Kier alpha value is -3.12. The molecule has 0 aliphatic rings. The first-order chi connectivity index (χ1) is 15.0. The van der Waals surface area contributed by atoms with Crippen molar-refractivity contribution in [3.63, 3.8) is 0 Å². The van der Waals surface area contributed by atoms with E-state index in [2.05, 4.69) is 0 Å². The highest BCUT2D eigenvalue weighted by Gasteiger charge is 2.37. The average molecular weight is 437 g/mol. The molecule has 0 bridgehead atoms. The van der Waals surface area contributed by atoms with Gasteiger partial charge >= 0.3 is 0 Å². The number of carbonyl (C=O) groups excluding carboxylic acids is 1. The van der Waals surface area contributed by atoms with Crippen molar-refractivity contribution in [3.05, 3.63) is 89.5 Å². The lowest BCUT2D eigenvalue weighted by Crippen LogP contribution is -2.26. The van der Waals surface area contributed by atoms with E-state index >= 15 is 0 Å². The first kappa shape index (κ1) is 22.6. The van der Waals surface area contributed by atoms with Gasteiger partial charge in [-0.2, -0.15) is 0 Å². The Bertz CT molecular complexity index is 870. The van der Waals surface area contributed by atoms with Crippen molar-refractivity contribution in [2.75, 3.05) is 27.1 Å². The summed E-state index contributed by atoms with van der Waals surface area (Å²) >= 11 is 1.63. The molecule has 3 rings (SSSR count). The normalized spacial score (nSPS) is 11.1. The molecule has 1 radical (unpaired) electrons. The van der Waals surface area contributed by atoms with E-state index in [-0.39, 0.29) is 6.42 Å². The van der Waals surface area contributed by atoms with Crippen molar-refractivity contribution in [1.29, 1.82) is 0 Å². The number of hydrogen-bond acceptors (Lipinski definition) is 5. The van der Waals surface area contributed by atoms with E-state index < -0.39 is 10.7 Å². The highest BCUT2D eigenvalue weighted by atomic mass is 32.2. The fourth-order valence-electron chi connectivity index (χ4n) is 3.52. The Morgan fingerprint density at radius 3 is 1.29 bits per heavy atom. The van der Waals surface area contributed by atoms with Gasteiger partial charge < -0.3 is 14.2 Å². The van der Waals surface area contributed by atoms with Gasteiger partial charge in [0.15, 0.2) is 0 Å². The monoisotopic (exact) mass is 436 g/mol. The fourth-order valence-corrected chi connectivity index (χ4v) is 5.03. The Balaban J connectivity index is 2.21. The molecule has 0 unspecified atom stereocenters. The number of nitrogens with one attached hydrogen (secondary N) is 1. The summed E-state index contributed by atoms with van der Waals surface area (Å²) in [7, 11) is 4.93. The summed E-state index contributed by atoms with van der Waals surface area (Å²) in [4.78, 5) is 11.4. The molecule has 0 spiro atoms. The SMILES string of the molecule is COc1ccc(C(SCCC([NH])=O)(c2ccc(OC)cc2)c2ccc(OC)cc2)cc1. The summed E-state index contributed by atoms with van der Waals surface area (Å²) in [5.41, 5.74) is 10.5. The number of thioether (sulfide) groups is 1. The first-order valence-electron chi connectivity index (χ1n) is 9.85. The molecule has 6 heteroatoms. The Morgan fingerprint density at radius 1 is 0.710 bits per heavy atom. The van der Waals surface area contributed by atoms with Crippen LogP contribution in [0.15, 0.2) is 72.8 Å². The van der Waals surface area contributed by atoms with Crippen LogP contribution in [-0.2, 0) is 9.54 Å². The molecule has 31 heavy (non-hydrogen) atoms. The Labute approximate surface area is 187 Å². The maximum absolute atomic E-state index is 11.4. The van der Waals surface area contributed by atoms with Gasteiger partial charge in [-0.15, -0.1) is 11.8 Å². The maximum Gasteiger partial charge on any atom is 0.239 e. The van der Waals surface area contributed by atoms with E-state index in [9.17, 15) is 4.79 Å². The van der Waals surface area contributed by atoms with Gasteiger partial charge in [-0.05, 0) is 53.1 Å². The third-order valence-electron chi connectivity index (χ3n) is 5.14. The predicted octanol–water partition coefficient (Wildman–Crippen LogP) is 4.94. The second-order valence-corrected chi connectivity index (χ2v) is 8.20. The third kappa shape index (κ3) is 4.97. The van der Waals surface area contributed by atoms with Crippen LogP contribution in [0, 0.1) is 0 Å². The van der Waals surface area contributed by atoms with Crippen LogP contribution < -0.4 is 19.9 Å². The van der Waals surface area contributed by atoms with Crippen LogP contribution in [0.5, 0.6) is 17.2 Å². The number of carbonyl (C=O) groups is 1. The smallest absolute Gasteiger partial charge is 0.239 e. The van der Waals surface area contributed by atoms with Crippen LogP contribution in [0.3, 0.4) is 0 Å². The van der Waals surface area contributed by atoms with E-state index in [0.29, 0.717) is 5.75 Å². The Morgan fingerprint density at radius 2 is 1.03 bits per heavy atom. The van der Waals surface area contributed by atoms with E-state index in [1.54, 1.807) is 33.1 Å². The fraction of sp³-hybridized carbons (Fsp3) is 0.240. The van der Waals surface area contributed by atoms with Crippen LogP contribution in [0.2, 0.25) is 0 Å². The minimum atomic E-state index is -0.597. The van der Waals surface area contributed by atoms with Crippen molar-refractivity contribution in [2.45, 2.75) is 11.2 Å². The van der Waals surface area contributed by atoms with Crippen molar-refractivity contribution in [1.82, 2.24) is 5.73 Å². The zero-order valence-corrected chi connectivity index (χ0v) is 18.7. The van der Waals surface area contributed by atoms with Gasteiger partial charge in [0, 0.05) is 12.2 Å². The van der Waals surface area contributed by atoms with Crippen LogP contribution in [-0.4, -0.2) is 33.0 Å². The van der Waals surface area contributed by atoms with Gasteiger partial charge in [0.2, 0.25) is 5.91 Å². The van der Waals surface area contributed by atoms with E-state index in [1.165, 1.54) is 0 Å². The molecule has 0 aliphatic carbocycles. The first-order valence-corrected chi connectivity index (χ1v) is 10.8. The molecule has 1 amide bonds. The highest BCUT2D eigenvalue weighted by Crippen LogP contribution is 2.49. The van der Waals surface area contributed by atoms with Crippen LogP contribution in [0.25, 0.3) is 0 Å². The van der Waals surface area contributed by atoms with E-state index in [1.807, 2.05) is 72.8 Å². The molecule has 3 aromatic carbocycles. The maximum atomic E-state index is 11.4. The number of rotatable bonds is 10. The summed E-state index contributed by atoms with van der Waals surface area (Å²) in [5.74, 6) is 2.25. The zero-order chi connectivity index (χ0) is 22.3. The zero-order valence-electron chi connectivity index (χ0n) is 17.9. The van der Waals surface area contributed by atoms with Crippen molar-refractivity contribution in [2.24, 2.45) is 0 Å². The molecule has 0 aromatic heterocycles. The lowest BCUT2D eigenvalue weighted by Gasteiger charge is -2.35. The quantitative estimate of drug-likeness (QED) is 0.421. The second kappa shape index (κ2) is 10.3. The van der Waals surface area contributed by atoms with E-state index in [4.69, 9.17) is 19.9 Å². The topological polar surface area (TPSA) is 68.6 Å². The summed E-state index contributed by atoms with van der Waals surface area (Å²) in [6, 6.07) is 23.9. The molecule has 0 fully saturated rings. The van der Waals surface area contributed by atoms with Crippen molar-refractivity contribution < 1.29 is 19.0 Å². The van der Waals surface area contributed by atoms with Gasteiger partial charge in [-0.25, -0.2) is 0 Å². The number of amides is 1. The molecule has 161 valence electrons. The minimum absolute atomic E-state index is 0.175. The highest BCUT2D eigenvalue weighted by molar-refractivity contribution is 8.00. The van der Waals surface area contributed by atoms with Crippen molar-refractivity contribution in [3.8, 4) is 17.2 Å². The molecule has 5 nitrogen and oxygen atoms in total. The minimum Gasteiger partial charge on any atom is -0.497 e.